The standard InChI is InChI=1S/C21H21F2N5O3/c1-11-18(31-13-3-4-15(26-8-13)21(30)24-2)10-28(11)9-12-5-17-16(25-7-12)6-14(19(22)23)20(29)27-17/h3-8,11,18-19H,9-10H2,1-2H3,(H,24,30)(H,27,29)/t11-,18+/m1/s1. The molecule has 10 heteroatoms. The van der Waals surface area contributed by atoms with Crippen LogP contribution in [0.15, 0.2) is 41.5 Å². The van der Waals surface area contributed by atoms with E-state index in [9.17, 15) is 18.4 Å². The fourth-order valence-corrected chi connectivity index (χ4v) is 3.50. The minimum atomic E-state index is -2.84. The largest absolute Gasteiger partial charge is 0.486 e. The summed E-state index contributed by atoms with van der Waals surface area (Å²) in [6, 6.07) is 6.32. The maximum absolute atomic E-state index is 12.9. The molecule has 1 aliphatic rings. The zero-order valence-corrected chi connectivity index (χ0v) is 16.9. The SMILES string of the molecule is CNC(=O)c1ccc(O[C@H]2CN(Cc3cnc4cc(C(F)F)c(=O)[nH]c4c3)[C@@H]2C)cn1. The van der Waals surface area contributed by atoms with Gasteiger partial charge in [-0.1, -0.05) is 0 Å². The Labute approximate surface area is 176 Å². The Morgan fingerprint density at radius 2 is 2.13 bits per heavy atom. The molecule has 1 amide bonds. The molecule has 1 aliphatic heterocycles. The van der Waals surface area contributed by atoms with E-state index in [1.807, 2.05) is 6.92 Å². The van der Waals surface area contributed by atoms with Gasteiger partial charge in [0.25, 0.3) is 17.9 Å². The van der Waals surface area contributed by atoms with E-state index < -0.39 is 17.5 Å². The molecule has 0 bridgehead atoms. The lowest BCUT2D eigenvalue weighted by atomic mass is 10.00. The third kappa shape index (κ3) is 4.24. The Morgan fingerprint density at radius 1 is 1.32 bits per heavy atom. The van der Waals surface area contributed by atoms with Gasteiger partial charge in [-0.05, 0) is 36.8 Å². The second kappa shape index (κ2) is 8.38. The van der Waals surface area contributed by atoms with Crippen LogP contribution in [0.4, 0.5) is 8.78 Å². The lowest BCUT2D eigenvalue weighted by Gasteiger charge is -2.45. The molecule has 1 saturated heterocycles. The molecule has 2 N–H and O–H groups in total. The number of aromatic amines is 1. The summed E-state index contributed by atoms with van der Waals surface area (Å²) < 4.78 is 31.7. The van der Waals surface area contributed by atoms with Gasteiger partial charge >= 0.3 is 0 Å². The molecule has 0 unspecified atom stereocenters. The highest BCUT2D eigenvalue weighted by atomic mass is 19.3. The summed E-state index contributed by atoms with van der Waals surface area (Å²) in [6.07, 6.45) is 0.272. The molecule has 0 radical (unpaired) electrons. The van der Waals surface area contributed by atoms with Crippen molar-refractivity contribution in [2.75, 3.05) is 13.6 Å². The van der Waals surface area contributed by atoms with Crippen molar-refractivity contribution in [3.8, 4) is 5.75 Å². The number of likely N-dealkylation sites (tertiary alicyclic amines) is 1. The Bertz CT molecular complexity index is 1170. The van der Waals surface area contributed by atoms with Crippen LogP contribution < -0.4 is 15.6 Å². The van der Waals surface area contributed by atoms with Crippen LogP contribution in [0, 0.1) is 0 Å². The molecular formula is C21H21F2N5O3. The van der Waals surface area contributed by atoms with Gasteiger partial charge < -0.3 is 15.0 Å². The van der Waals surface area contributed by atoms with Crippen molar-refractivity contribution in [1.82, 2.24) is 25.2 Å². The Balaban J connectivity index is 1.39. The van der Waals surface area contributed by atoms with Crippen LogP contribution in [0.25, 0.3) is 11.0 Å². The predicted octanol–water partition coefficient (Wildman–Crippen LogP) is 2.27. The van der Waals surface area contributed by atoms with E-state index in [2.05, 4.69) is 25.2 Å². The van der Waals surface area contributed by atoms with Crippen LogP contribution in [0.1, 0.15) is 35.0 Å². The number of H-pyrrole nitrogens is 1. The molecule has 0 saturated carbocycles. The van der Waals surface area contributed by atoms with Crippen LogP contribution in [-0.2, 0) is 6.54 Å². The normalized spacial score (nSPS) is 18.7. The smallest absolute Gasteiger partial charge is 0.269 e. The van der Waals surface area contributed by atoms with Gasteiger partial charge in [0.05, 0.1) is 22.8 Å². The van der Waals surface area contributed by atoms with Crippen LogP contribution in [0.3, 0.4) is 0 Å². The van der Waals surface area contributed by atoms with Crippen molar-refractivity contribution >= 4 is 16.9 Å². The van der Waals surface area contributed by atoms with E-state index in [-0.39, 0.29) is 18.1 Å². The number of amides is 1. The zero-order valence-electron chi connectivity index (χ0n) is 16.9. The summed E-state index contributed by atoms with van der Waals surface area (Å²) in [5.41, 5.74) is 0.542. The lowest BCUT2D eigenvalue weighted by molar-refractivity contribution is -0.0415. The van der Waals surface area contributed by atoms with Crippen molar-refractivity contribution in [1.29, 1.82) is 0 Å². The molecule has 0 aliphatic carbocycles. The third-order valence-corrected chi connectivity index (χ3v) is 5.41. The number of aromatic nitrogens is 3. The van der Waals surface area contributed by atoms with Gasteiger partial charge in [0.1, 0.15) is 17.5 Å². The van der Waals surface area contributed by atoms with Gasteiger partial charge in [-0.15, -0.1) is 0 Å². The van der Waals surface area contributed by atoms with Crippen LogP contribution >= 0.6 is 0 Å². The van der Waals surface area contributed by atoms with Crippen LogP contribution in [-0.4, -0.2) is 51.5 Å². The summed E-state index contributed by atoms with van der Waals surface area (Å²) in [5, 5.41) is 2.51. The van der Waals surface area contributed by atoms with Crippen molar-refractivity contribution in [3.05, 3.63) is 63.8 Å². The highest BCUT2D eigenvalue weighted by molar-refractivity contribution is 5.92. The fourth-order valence-electron chi connectivity index (χ4n) is 3.50. The van der Waals surface area contributed by atoms with Crippen molar-refractivity contribution in [3.63, 3.8) is 0 Å². The van der Waals surface area contributed by atoms with Crippen molar-refractivity contribution in [2.45, 2.75) is 32.0 Å². The average Bonchev–Trinajstić information content (AvgIpc) is 2.77. The van der Waals surface area contributed by atoms with Crippen LogP contribution in [0.2, 0.25) is 0 Å². The van der Waals surface area contributed by atoms with Gasteiger partial charge in [0.15, 0.2) is 0 Å². The number of fused-ring (bicyclic) bond motifs is 1. The minimum absolute atomic E-state index is 0.0329. The van der Waals surface area contributed by atoms with Gasteiger partial charge in [-0.2, -0.15) is 0 Å². The molecule has 0 spiro atoms. The van der Waals surface area contributed by atoms with Crippen LogP contribution in [0.5, 0.6) is 5.75 Å². The molecule has 2 atom stereocenters. The summed E-state index contributed by atoms with van der Waals surface area (Å²) >= 11 is 0. The molecule has 8 nitrogen and oxygen atoms in total. The van der Waals surface area contributed by atoms with E-state index in [4.69, 9.17) is 4.74 Å². The summed E-state index contributed by atoms with van der Waals surface area (Å²) in [5.74, 6) is 0.328. The van der Waals surface area contributed by atoms with Gasteiger partial charge in [0.2, 0.25) is 0 Å². The number of alkyl halides is 2. The maximum atomic E-state index is 12.9. The first kappa shape index (κ1) is 20.9. The maximum Gasteiger partial charge on any atom is 0.269 e. The molecule has 1 fully saturated rings. The number of pyridine rings is 3. The highest BCUT2D eigenvalue weighted by Gasteiger charge is 2.37. The number of nitrogens with zero attached hydrogens (tertiary/aromatic N) is 3. The first-order chi connectivity index (χ1) is 14.9. The molecule has 4 heterocycles. The van der Waals surface area contributed by atoms with Crippen molar-refractivity contribution in [2.24, 2.45) is 0 Å². The summed E-state index contributed by atoms with van der Waals surface area (Å²) in [6.45, 7) is 3.29. The quantitative estimate of drug-likeness (QED) is 0.624. The number of hydrogen-bond acceptors (Lipinski definition) is 6. The first-order valence-electron chi connectivity index (χ1n) is 9.74. The first-order valence-corrected chi connectivity index (χ1v) is 9.74. The number of halogens is 2. The third-order valence-electron chi connectivity index (χ3n) is 5.41. The second-order valence-corrected chi connectivity index (χ2v) is 7.42. The number of ether oxygens (including phenoxy) is 1. The number of carbonyl (C=O) groups is 1. The van der Waals surface area contributed by atoms with E-state index in [1.54, 1.807) is 31.4 Å². The van der Waals surface area contributed by atoms with Crippen molar-refractivity contribution < 1.29 is 18.3 Å². The van der Waals surface area contributed by atoms with E-state index in [0.29, 0.717) is 35.6 Å². The molecule has 3 aromatic rings. The topological polar surface area (TPSA) is 100 Å². The molecule has 0 aromatic carbocycles. The molecule has 3 aromatic heterocycles. The minimum Gasteiger partial charge on any atom is -0.486 e. The van der Waals surface area contributed by atoms with E-state index in [0.717, 1.165) is 11.6 Å². The Morgan fingerprint density at radius 3 is 2.77 bits per heavy atom. The second-order valence-electron chi connectivity index (χ2n) is 7.42. The number of hydrogen-bond donors (Lipinski definition) is 2. The molecular weight excluding hydrogens is 408 g/mol. The molecule has 4 rings (SSSR count). The highest BCUT2D eigenvalue weighted by Crippen LogP contribution is 2.26. The van der Waals surface area contributed by atoms with E-state index in [1.165, 1.54) is 6.20 Å². The van der Waals surface area contributed by atoms with Gasteiger partial charge in [-0.25, -0.2) is 13.8 Å². The Kier molecular flexibility index (Phi) is 5.64. The lowest BCUT2D eigenvalue weighted by Crippen LogP contribution is -2.60. The number of carbonyl (C=O) groups excluding carboxylic acids is 1. The zero-order chi connectivity index (χ0) is 22.1. The van der Waals surface area contributed by atoms with Gasteiger partial charge in [-0.3, -0.25) is 19.5 Å². The number of nitrogens with one attached hydrogen (secondary N) is 2. The summed E-state index contributed by atoms with van der Waals surface area (Å²) in [7, 11) is 1.54. The fraction of sp³-hybridized carbons (Fsp3) is 0.333. The van der Waals surface area contributed by atoms with Gasteiger partial charge in [0, 0.05) is 32.4 Å². The molecule has 31 heavy (non-hydrogen) atoms. The summed E-state index contributed by atoms with van der Waals surface area (Å²) in [4.78, 5) is 36.3. The monoisotopic (exact) mass is 429 g/mol. The Hall–Kier alpha value is -3.40. The average molecular weight is 429 g/mol. The molecule has 162 valence electrons. The number of rotatable bonds is 6. The predicted molar refractivity (Wildman–Crippen MR) is 109 cm³/mol. The van der Waals surface area contributed by atoms with E-state index >= 15 is 0 Å².